The van der Waals surface area contributed by atoms with Crippen molar-refractivity contribution in [3.63, 3.8) is 0 Å². The number of nitrogens with zero attached hydrogens (tertiary/aromatic N) is 3. The maximum Gasteiger partial charge on any atom is 0.191 e. The lowest BCUT2D eigenvalue weighted by atomic mass is 10.2. The lowest BCUT2D eigenvalue weighted by Gasteiger charge is -2.16. The van der Waals surface area contributed by atoms with Gasteiger partial charge in [-0.15, -0.1) is 10.2 Å². The minimum absolute atomic E-state index is 0.216. The highest BCUT2D eigenvalue weighted by molar-refractivity contribution is 7.98. The lowest BCUT2D eigenvalue weighted by molar-refractivity contribution is 0.209. The van der Waals surface area contributed by atoms with Crippen molar-refractivity contribution in [2.75, 3.05) is 14.2 Å². The van der Waals surface area contributed by atoms with Crippen LogP contribution in [0.2, 0.25) is 0 Å². The summed E-state index contributed by atoms with van der Waals surface area (Å²) in [7, 11) is 3.32. The summed E-state index contributed by atoms with van der Waals surface area (Å²) >= 11 is 1.66. The first-order valence-corrected chi connectivity index (χ1v) is 10.1. The van der Waals surface area contributed by atoms with E-state index in [1.807, 2.05) is 49.4 Å². The predicted molar refractivity (Wildman–Crippen MR) is 110 cm³/mol. The van der Waals surface area contributed by atoms with Gasteiger partial charge < -0.3 is 18.8 Å². The Bertz CT molecular complexity index is 896. The van der Waals surface area contributed by atoms with Gasteiger partial charge in [0, 0.05) is 12.3 Å². The second-order valence-electron chi connectivity index (χ2n) is 6.16. The van der Waals surface area contributed by atoms with E-state index in [1.165, 1.54) is 5.56 Å². The number of hydrogen-bond donors (Lipinski definition) is 0. The first-order chi connectivity index (χ1) is 13.6. The van der Waals surface area contributed by atoms with E-state index in [1.54, 1.807) is 26.0 Å². The van der Waals surface area contributed by atoms with Gasteiger partial charge in [-0.2, -0.15) is 0 Å². The maximum absolute atomic E-state index is 6.04. The second kappa shape index (κ2) is 9.50. The minimum Gasteiger partial charge on any atom is -0.497 e. The summed E-state index contributed by atoms with van der Waals surface area (Å²) in [6.07, 6.45) is -0.216. The molecule has 0 radical (unpaired) electrons. The van der Waals surface area contributed by atoms with Crippen molar-refractivity contribution in [3.8, 4) is 17.2 Å². The number of rotatable bonds is 9. The summed E-state index contributed by atoms with van der Waals surface area (Å²) < 4.78 is 18.6. The van der Waals surface area contributed by atoms with Gasteiger partial charge in [-0.05, 0) is 55.8 Å². The average Bonchev–Trinajstić information content (AvgIpc) is 3.16. The molecular weight excluding hydrogens is 374 g/mol. The number of hydrogen-bond acceptors (Lipinski definition) is 6. The molecule has 1 heterocycles. The minimum atomic E-state index is -0.216. The third kappa shape index (κ3) is 4.78. The molecule has 2 aromatic carbocycles. The van der Waals surface area contributed by atoms with E-state index in [0.29, 0.717) is 0 Å². The summed E-state index contributed by atoms with van der Waals surface area (Å²) in [6, 6.07) is 15.6. The summed E-state index contributed by atoms with van der Waals surface area (Å²) in [5.74, 6) is 4.03. The molecule has 6 nitrogen and oxygen atoms in total. The molecule has 0 bridgehead atoms. The Hall–Kier alpha value is -2.67. The van der Waals surface area contributed by atoms with Gasteiger partial charge in [0.05, 0.1) is 14.2 Å². The van der Waals surface area contributed by atoms with Crippen LogP contribution in [-0.4, -0.2) is 29.0 Å². The Morgan fingerprint density at radius 2 is 1.68 bits per heavy atom. The first kappa shape index (κ1) is 20.1. The molecule has 0 amide bonds. The molecule has 1 aromatic heterocycles. The van der Waals surface area contributed by atoms with Crippen LogP contribution in [-0.2, 0) is 12.3 Å². The van der Waals surface area contributed by atoms with Crippen LogP contribution in [0, 0.1) is 0 Å². The normalized spacial score (nSPS) is 11.9. The maximum atomic E-state index is 6.04. The van der Waals surface area contributed by atoms with Crippen LogP contribution >= 0.6 is 11.8 Å². The molecule has 1 unspecified atom stereocenters. The van der Waals surface area contributed by atoms with Crippen molar-refractivity contribution >= 4 is 11.8 Å². The molecule has 0 aliphatic carbocycles. The molecule has 0 saturated heterocycles. The van der Waals surface area contributed by atoms with Crippen LogP contribution in [0.5, 0.6) is 17.2 Å². The Kier molecular flexibility index (Phi) is 6.81. The van der Waals surface area contributed by atoms with Crippen molar-refractivity contribution in [3.05, 3.63) is 59.9 Å². The summed E-state index contributed by atoms with van der Waals surface area (Å²) in [4.78, 5) is 0. The first-order valence-electron chi connectivity index (χ1n) is 9.14. The molecule has 0 N–H and O–H groups in total. The number of benzene rings is 2. The molecule has 3 aromatic rings. The molecule has 7 heteroatoms. The van der Waals surface area contributed by atoms with E-state index in [-0.39, 0.29) is 6.10 Å². The molecule has 28 heavy (non-hydrogen) atoms. The second-order valence-corrected chi connectivity index (χ2v) is 7.10. The van der Waals surface area contributed by atoms with Gasteiger partial charge in [-0.3, -0.25) is 0 Å². The molecular formula is C21H25N3O3S. The Balaban J connectivity index is 1.69. The fourth-order valence-electron chi connectivity index (χ4n) is 2.83. The summed E-state index contributed by atoms with van der Waals surface area (Å²) in [5.41, 5.74) is 1.18. The van der Waals surface area contributed by atoms with Gasteiger partial charge in [0.1, 0.15) is 17.2 Å². The van der Waals surface area contributed by atoms with Crippen LogP contribution in [0.1, 0.15) is 31.3 Å². The highest BCUT2D eigenvalue weighted by Gasteiger charge is 2.19. The zero-order valence-electron chi connectivity index (χ0n) is 16.6. The van der Waals surface area contributed by atoms with Crippen molar-refractivity contribution in [2.24, 2.45) is 0 Å². The zero-order valence-corrected chi connectivity index (χ0v) is 17.4. The van der Waals surface area contributed by atoms with Crippen molar-refractivity contribution in [2.45, 2.75) is 37.4 Å². The summed E-state index contributed by atoms with van der Waals surface area (Å²) in [6.45, 7) is 4.85. The fraction of sp³-hybridized carbons (Fsp3) is 0.333. The highest BCUT2D eigenvalue weighted by Crippen LogP contribution is 2.28. The topological polar surface area (TPSA) is 58.4 Å². The zero-order chi connectivity index (χ0) is 19.9. The van der Waals surface area contributed by atoms with Crippen LogP contribution in [0.3, 0.4) is 0 Å². The van der Waals surface area contributed by atoms with Gasteiger partial charge in [-0.1, -0.05) is 23.9 Å². The molecule has 0 saturated carbocycles. The Morgan fingerprint density at radius 1 is 0.964 bits per heavy atom. The quantitative estimate of drug-likeness (QED) is 0.484. The van der Waals surface area contributed by atoms with Crippen LogP contribution < -0.4 is 14.2 Å². The number of ether oxygens (including phenoxy) is 3. The highest BCUT2D eigenvalue weighted by atomic mass is 32.2. The van der Waals surface area contributed by atoms with E-state index in [4.69, 9.17) is 14.2 Å². The van der Waals surface area contributed by atoms with Crippen molar-refractivity contribution in [1.29, 1.82) is 0 Å². The van der Waals surface area contributed by atoms with Crippen LogP contribution in [0.15, 0.2) is 53.7 Å². The number of thioether (sulfide) groups is 1. The molecule has 0 fully saturated rings. The monoisotopic (exact) mass is 399 g/mol. The molecule has 0 spiro atoms. The third-order valence-electron chi connectivity index (χ3n) is 4.30. The van der Waals surface area contributed by atoms with Crippen LogP contribution in [0.25, 0.3) is 0 Å². The van der Waals surface area contributed by atoms with Gasteiger partial charge in [0.15, 0.2) is 17.1 Å². The standard InChI is InChI=1S/C21H25N3O3S/c1-5-24-20(15(2)27-18-11-9-17(25-3)10-12-18)22-23-21(24)28-14-16-7-6-8-19(13-16)26-4/h6-13,15H,5,14H2,1-4H3. The Labute approximate surface area is 169 Å². The van der Waals surface area contributed by atoms with Gasteiger partial charge >= 0.3 is 0 Å². The summed E-state index contributed by atoms with van der Waals surface area (Å²) in [5, 5.41) is 9.64. The number of aromatic nitrogens is 3. The fourth-order valence-corrected chi connectivity index (χ4v) is 3.78. The third-order valence-corrected chi connectivity index (χ3v) is 5.34. The van der Waals surface area contributed by atoms with E-state index in [9.17, 15) is 0 Å². The lowest BCUT2D eigenvalue weighted by Crippen LogP contribution is -2.12. The van der Waals surface area contributed by atoms with Crippen LogP contribution in [0.4, 0.5) is 0 Å². The average molecular weight is 400 g/mol. The van der Waals surface area contributed by atoms with Gasteiger partial charge in [0.25, 0.3) is 0 Å². The molecule has 148 valence electrons. The van der Waals surface area contributed by atoms with E-state index in [0.717, 1.165) is 40.5 Å². The SMILES string of the molecule is CCn1c(SCc2cccc(OC)c2)nnc1C(C)Oc1ccc(OC)cc1. The predicted octanol–water partition coefficient (Wildman–Crippen LogP) is 4.75. The van der Waals surface area contributed by atoms with E-state index >= 15 is 0 Å². The molecule has 1 atom stereocenters. The molecule has 3 rings (SSSR count). The Morgan fingerprint density at radius 3 is 2.36 bits per heavy atom. The largest absolute Gasteiger partial charge is 0.497 e. The smallest absolute Gasteiger partial charge is 0.191 e. The van der Waals surface area contributed by atoms with Crippen molar-refractivity contribution < 1.29 is 14.2 Å². The van der Waals surface area contributed by atoms with E-state index in [2.05, 4.69) is 27.8 Å². The van der Waals surface area contributed by atoms with Gasteiger partial charge in [0.2, 0.25) is 0 Å². The van der Waals surface area contributed by atoms with Gasteiger partial charge in [-0.25, -0.2) is 0 Å². The van der Waals surface area contributed by atoms with E-state index < -0.39 is 0 Å². The molecule has 0 aliphatic rings. The number of methoxy groups -OCH3 is 2. The van der Waals surface area contributed by atoms with Crippen molar-refractivity contribution in [1.82, 2.24) is 14.8 Å². The molecule has 0 aliphatic heterocycles.